The lowest BCUT2D eigenvalue weighted by atomic mass is 10.0. The van der Waals surface area contributed by atoms with E-state index in [1.807, 2.05) is 0 Å². The summed E-state index contributed by atoms with van der Waals surface area (Å²) in [4.78, 5) is 13.9. The van der Waals surface area contributed by atoms with Gasteiger partial charge in [0.2, 0.25) is 15.9 Å². The van der Waals surface area contributed by atoms with Crippen molar-refractivity contribution in [2.24, 2.45) is 0 Å². The SMILES string of the molecule is CS(=O)(=O)N(CC(F)(F)F)C1CCN(C(=O)Cc2ccc(N)cc2)CC1. The van der Waals surface area contributed by atoms with Crippen LogP contribution >= 0.6 is 0 Å². The first-order chi connectivity index (χ1) is 12.0. The second kappa shape index (κ2) is 7.83. The Bertz CT molecular complexity index is 727. The van der Waals surface area contributed by atoms with Crippen molar-refractivity contribution in [2.45, 2.75) is 31.5 Å². The van der Waals surface area contributed by atoms with Gasteiger partial charge in [-0.2, -0.15) is 17.5 Å². The number of hydrogen-bond acceptors (Lipinski definition) is 4. The van der Waals surface area contributed by atoms with E-state index < -0.39 is 28.8 Å². The van der Waals surface area contributed by atoms with Gasteiger partial charge in [0, 0.05) is 24.8 Å². The standard InChI is InChI=1S/C16H22F3N3O3S/c1-26(24,25)22(11-16(17,18)19)14-6-8-21(9-7-14)15(23)10-12-2-4-13(20)5-3-12/h2-5,14H,6-11,20H2,1H3. The molecule has 0 aromatic heterocycles. The lowest BCUT2D eigenvalue weighted by molar-refractivity contribution is -0.142. The molecular weight excluding hydrogens is 371 g/mol. The van der Waals surface area contributed by atoms with Gasteiger partial charge in [-0.3, -0.25) is 4.79 Å². The highest BCUT2D eigenvalue weighted by molar-refractivity contribution is 7.88. The van der Waals surface area contributed by atoms with Gasteiger partial charge in [0.15, 0.2) is 0 Å². The summed E-state index contributed by atoms with van der Waals surface area (Å²) in [7, 11) is -3.99. The van der Waals surface area contributed by atoms with E-state index in [4.69, 9.17) is 5.73 Å². The molecule has 26 heavy (non-hydrogen) atoms. The molecule has 1 heterocycles. The molecule has 0 atom stereocenters. The van der Waals surface area contributed by atoms with Crippen molar-refractivity contribution in [3.63, 3.8) is 0 Å². The van der Waals surface area contributed by atoms with Crippen molar-refractivity contribution in [1.29, 1.82) is 0 Å². The van der Waals surface area contributed by atoms with E-state index in [9.17, 15) is 26.4 Å². The number of benzene rings is 1. The fourth-order valence-corrected chi connectivity index (χ4v) is 4.15. The number of anilines is 1. The number of nitrogens with zero attached hydrogens (tertiary/aromatic N) is 2. The highest BCUT2D eigenvalue weighted by Crippen LogP contribution is 2.25. The molecule has 6 nitrogen and oxygen atoms in total. The molecule has 0 radical (unpaired) electrons. The van der Waals surface area contributed by atoms with Crippen LogP contribution in [0.25, 0.3) is 0 Å². The van der Waals surface area contributed by atoms with Gasteiger partial charge in [-0.1, -0.05) is 12.1 Å². The molecule has 1 saturated heterocycles. The summed E-state index contributed by atoms with van der Waals surface area (Å²) in [5.41, 5.74) is 6.98. The van der Waals surface area contributed by atoms with Crippen LogP contribution in [0.4, 0.5) is 18.9 Å². The van der Waals surface area contributed by atoms with Gasteiger partial charge in [-0.05, 0) is 30.5 Å². The number of likely N-dealkylation sites (tertiary alicyclic amines) is 1. The normalized spacial score (nSPS) is 16.9. The molecule has 0 bridgehead atoms. The number of rotatable bonds is 5. The molecule has 1 aromatic rings. The van der Waals surface area contributed by atoms with E-state index in [2.05, 4.69) is 0 Å². The van der Waals surface area contributed by atoms with Gasteiger partial charge >= 0.3 is 6.18 Å². The van der Waals surface area contributed by atoms with Crippen LogP contribution in [0.2, 0.25) is 0 Å². The first-order valence-electron chi connectivity index (χ1n) is 8.11. The molecule has 1 aliphatic heterocycles. The number of nitrogens with two attached hydrogens (primary N) is 1. The summed E-state index contributed by atoms with van der Waals surface area (Å²) in [6.07, 6.45) is -3.31. The summed E-state index contributed by atoms with van der Waals surface area (Å²) in [6.45, 7) is -1.05. The van der Waals surface area contributed by atoms with E-state index in [1.165, 1.54) is 0 Å². The number of halogens is 3. The molecule has 0 unspecified atom stereocenters. The molecule has 2 N–H and O–H groups in total. The van der Waals surface area contributed by atoms with Crippen LogP contribution in [0.3, 0.4) is 0 Å². The first-order valence-corrected chi connectivity index (χ1v) is 9.96. The molecule has 0 aliphatic carbocycles. The molecule has 1 amide bonds. The maximum Gasteiger partial charge on any atom is 0.402 e. The number of alkyl halides is 3. The van der Waals surface area contributed by atoms with Crippen molar-refractivity contribution in [3.05, 3.63) is 29.8 Å². The molecule has 10 heteroatoms. The number of sulfonamides is 1. The predicted molar refractivity (Wildman–Crippen MR) is 91.8 cm³/mol. The molecule has 2 rings (SSSR count). The Kier molecular flexibility index (Phi) is 6.17. The van der Waals surface area contributed by atoms with Gasteiger partial charge < -0.3 is 10.6 Å². The Balaban J connectivity index is 1.96. The van der Waals surface area contributed by atoms with E-state index >= 15 is 0 Å². The van der Waals surface area contributed by atoms with Gasteiger partial charge in [0.05, 0.1) is 12.7 Å². The fourth-order valence-electron chi connectivity index (χ4n) is 3.02. The number of nitrogen functional groups attached to an aromatic ring is 1. The van der Waals surface area contributed by atoms with Crippen molar-refractivity contribution in [1.82, 2.24) is 9.21 Å². The van der Waals surface area contributed by atoms with Crippen molar-refractivity contribution in [3.8, 4) is 0 Å². The minimum Gasteiger partial charge on any atom is -0.399 e. The highest BCUT2D eigenvalue weighted by Gasteiger charge is 2.39. The highest BCUT2D eigenvalue weighted by atomic mass is 32.2. The zero-order valence-electron chi connectivity index (χ0n) is 14.4. The van der Waals surface area contributed by atoms with Gasteiger partial charge in [-0.25, -0.2) is 8.42 Å². The Morgan fingerprint density at radius 2 is 1.77 bits per heavy atom. The van der Waals surface area contributed by atoms with Crippen LogP contribution in [0, 0.1) is 0 Å². The Labute approximate surface area is 150 Å². The van der Waals surface area contributed by atoms with Crippen LogP contribution in [-0.2, 0) is 21.2 Å². The second-order valence-electron chi connectivity index (χ2n) is 6.45. The molecule has 1 aromatic carbocycles. The monoisotopic (exact) mass is 393 g/mol. The fraction of sp³-hybridized carbons (Fsp3) is 0.562. The van der Waals surface area contributed by atoms with Crippen LogP contribution in [0.5, 0.6) is 0 Å². The van der Waals surface area contributed by atoms with Gasteiger partial charge in [-0.15, -0.1) is 0 Å². The first kappa shape index (κ1) is 20.5. The number of amides is 1. The third kappa shape index (κ3) is 5.87. The smallest absolute Gasteiger partial charge is 0.399 e. The average molecular weight is 393 g/mol. The third-order valence-corrected chi connectivity index (χ3v) is 5.60. The number of carbonyl (C=O) groups is 1. The maximum absolute atomic E-state index is 12.7. The zero-order valence-corrected chi connectivity index (χ0v) is 15.2. The van der Waals surface area contributed by atoms with E-state index in [0.29, 0.717) is 9.99 Å². The summed E-state index contributed by atoms with van der Waals surface area (Å²) >= 11 is 0. The van der Waals surface area contributed by atoms with Crippen molar-refractivity contribution in [2.75, 3.05) is 31.6 Å². The lowest BCUT2D eigenvalue weighted by Crippen LogP contribution is -2.51. The van der Waals surface area contributed by atoms with Crippen LogP contribution in [-0.4, -0.2) is 61.6 Å². The van der Waals surface area contributed by atoms with Crippen molar-refractivity contribution < 1.29 is 26.4 Å². The Morgan fingerprint density at radius 1 is 1.23 bits per heavy atom. The molecule has 1 fully saturated rings. The second-order valence-corrected chi connectivity index (χ2v) is 8.39. The minimum absolute atomic E-state index is 0.144. The quantitative estimate of drug-likeness (QED) is 0.771. The Morgan fingerprint density at radius 3 is 2.23 bits per heavy atom. The van der Waals surface area contributed by atoms with Crippen LogP contribution in [0.15, 0.2) is 24.3 Å². The van der Waals surface area contributed by atoms with Crippen molar-refractivity contribution >= 4 is 21.6 Å². The van der Waals surface area contributed by atoms with Crippen LogP contribution in [0.1, 0.15) is 18.4 Å². The zero-order chi connectivity index (χ0) is 19.5. The third-order valence-electron chi connectivity index (χ3n) is 4.32. The number of hydrogen-bond donors (Lipinski definition) is 1. The summed E-state index contributed by atoms with van der Waals surface area (Å²) in [5.74, 6) is -0.144. The van der Waals surface area contributed by atoms with E-state index in [0.717, 1.165) is 11.8 Å². The van der Waals surface area contributed by atoms with Crippen LogP contribution < -0.4 is 5.73 Å². The molecule has 146 valence electrons. The van der Waals surface area contributed by atoms with Gasteiger partial charge in [0.1, 0.15) is 6.54 Å². The maximum atomic E-state index is 12.7. The predicted octanol–water partition coefficient (Wildman–Crippen LogP) is 1.63. The topological polar surface area (TPSA) is 83.7 Å². The lowest BCUT2D eigenvalue weighted by Gasteiger charge is -2.37. The minimum atomic E-state index is -4.61. The summed E-state index contributed by atoms with van der Waals surface area (Å²) in [6, 6.07) is 6.11. The Hall–Kier alpha value is -1.81. The molecule has 1 aliphatic rings. The molecular formula is C16H22F3N3O3S. The largest absolute Gasteiger partial charge is 0.402 e. The van der Waals surface area contributed by atoms with Gasteiger partial charge in [0.25, 0.3) is 0 Å². The van der Waals surface area contributed by atoms with E-state index in [1.54, 1.807) is 29.2 Å². The summed E-state index contributed by atoms with van der Waals surface area (Å²) < 4.78 is 62.0. The average Bonchev–Trinajstić information content (AvgIpc) is 2.53. The molecule has 0 saturated carbocycles. The summed E-state index contributed by atoms with van der Waals surface area (Å²) in [5, 5.41) is 0. The number of carbonyl (C=O) groups excluding carboxylic acids is 1. The number of piperidine rings is 1. The molecule has 0 spiro atoms. The van der Waals surface area contributed by atoms with E-state index in [-0.39, 0.29) is 38.3 Å².